The first kappa shape index (κ1) is 20.0. The molecule has 29 heavy (non-hydrogen) atoms. The van der Waals surface area contributed by atoms with E-state index in [1.54, 1.807) is 6.20 Å². The van der Waals surface area contributed by atoms with Crippen LogP contribution < -0.4 is 17.0 Å². The molecule has 0 aliphatic heterocycles. The van der Waals surface area contributed by atoms with Crippen molar-refractivity contribution < 1.29 is 4.79 Å². The summed E-state index contributed by atoms with van der Waals surface area (Å²) in [7, 11) is 2.60. The average molecular weight is 410 g/mol. The molecule has 0 unspecified atom stereocenters. The van der Waals surface area contributed by atoms with Crippen molar-refractivity contribution >= 4 is 29.0 Å². The monoisotopic (exact) mass is 410 g/mol. The highest BCUT2D eigenvalue weighted by molar-refractivity contribution is 7.12. The number of allylic oxidation sites excluding steroid dienone is 1. The molecular weight excluding hydrogens is 392 g/mol. The highest BCUT2D eigenvalue weighted by Gasteiger charge is 2.24. The van der Waals surface area contributed by atoms with E-state index in [9.17, 15) is 19.6 Å². The maximum atomic E-state index is 13.0. The fraction of sp³-hybridized carbons (Fsp3) is 0.211. The molecule has 2 N–H and O–H groups in total. The van der Waals surface area contributed by atoms with Crippen LogP contribution in [0.15, 0.2) is 32.8 Å². The summed E-state index contributed by atoms with van der Waals surface area (Å²) in [4.78, 5) is 41.7. The van der Waals surface area contributed by atoms with E-state index in [0.29, 0.717) is 5.56 Å². The van der Waals surface area contributed by atoms with E-state index in [1.165, 1.54) is 31.5 Å². The van der Waals surface area contributed by atoms with Gasteiger partial charge in [0, 0.05) is 37.1 Å². The van der Waals surface area contributed by atoms with Crippen LogP contribution in [0.25, 0.3) is 11.2 Å². The zero-order chi connectivity index (χ0) is 21.5. The number of carbonyl (C=O) groups is 1. The van der Waals surface area contributed by atoms with Crippen LogP contribution in [-0.2, 0) is 14.1 Å². The lowest BCUT2D eigenvalue weighted by molar-refractivity contribution is 0.103. The molecule has 0 radical (unpaired) electrons. The number of nitrogen functional groups attached to an aromatic ring is 1. The Kier molecular flexibility index (Phi) is 5.09. The van der Waals surface area contributed by atoms with Gasteiger partial charge in [0.25, 0.3) is 5.56 Å². The minimum absolute atomic E-state index is 0.258. The lowest BCUT2D eigenvalue weighted by Crippen LogP contribution is -2.41. The maximum absolute atomic E-state index is 13.0. The van der Waals surface area contributed by atoms with Crippen molar-refractivity contribution in [1.29, 1.82) is 5.26 Å². The van der Waals surface area contributed by atoms with Gasteiger partial charge < -0.3 is 5.73 Å². The molecule has 3 aromatic heterocycles. The van der Waals surface area contributed by atoms with Gasteiger partial charge in [-0.25, -0.2) is 9.78 Å². The Balaban J connectivity index is 2.16. The van der Waals surface area contributed by atoms with E-state index in [0.717, 1.165) is 25.7 Å². The third-order valence-electron chi connectivity index (χ3n) is 4.68. The number of thiazole rings is 1. The van der Waals surface area contributed by atoms with E-state index < -0.39 is 22.6 Å². The van der Waals surface area contributed by atoms with Crippen LogP contribution in [0.2, 0.25) is 0 Å². The topological polar surface area (TPSA) is 129 Å². The number of ketones is 1. The minimum atomic E-state index is -0.843. The number of aryl methyl sites for hydroxylation is 1. The average Bonchev–Trinajstić information content (AvgIpc) is 3.30. The summed E-state index contributed by atoms with van der Waals surface area (Å²) in [6.07, 6.45) is 3.11. The highest BCUT2D eigenvalue weighted by atomic mass is 32.1. The predicted molar refractivity (Wildman–Crippen MR) is 110 cm³/mol. The lowest BCUT2D eigenvalue weighted by atomic mass is 10.0. The molecule has 0 saturated carbocycles. The number of hydrogen-bond acceptors (Lipinski definition) is 7. The van der Waals surface area contributed by atoms with Gasteiger partial charge in [-0.2, -0.15) is 5.26 Å². The molecule has 0 aliphatic rings. The maximum Gasteiger partial charge on any atom is 0.332 e. The minimum Gasteiger partial charge on any atom is -0.384 e. The van der Waals surface area contributed by atoms with Crippen molar-refractivity contribution in [2.75, 3.05) is 5.73 Å². The molecule has 0 amide bonds. The molecule has 0 fully saturated rings. The van der Waals surface area contributed by atoms with E-state index in [1.807, 2.05) is 35.9 Å². The second-order valence-electron chi connectivity index (χ2n) is 6.44. The smallest absolute Gasteiger partial charge is 0.332 e. The number of carbonyl (C=O) groups excluding carboxylic acids is 1. The lowest BCUT2D eigenvalue weighted by Gasteiger charge is -2.10. The van der Waals surface area contributed by atoms with Gasteiger partial charge in [-0.3, -0.25) is 23.3 Å². The SMILES string of the molecule is Cc1cc(/C=C(\C#N)C(=O)c2c(N)n(C)c(=O)n(C)c2=O)c(C)n1-c1nccs1. The zero-order valence-corrected chi connectivity index (χ0v) is 17.1. The van der Waals surface area contributed by atoms with E-state index in [4.69, 9.17) is 5.73 Å². The number of nitrogens with zero attached hydrogens (tertiary/aromatic N) is 5. The summed E-state index contributed by atoms with van der Waals surface area (Å²) < 4.78 is 3.69. The first-order valence-electron chi connectivity index (χ1n) is 8.49. The summed E-state index contributed by atoms with van der Waals surface area (Å²) in [6.45, 7) is 3.74. The summed E-state index contributed by atoms with van der Waals surface area (Å²) in [5.41, 5.74) is 6.00. The van der Waals surface area contributed by atoms with Gasteiger partial charge in [0.2, 0.25) is 5.78 Å². The quantitative estimate of drug-likeness (QED) is 0.392. The Hall–Kier alpha value is -3.71. The molecule has 0 atom stereocenters. The van der Waals surface area contributed by atoms with E-state index >= 15 is 0 Å². The summed E-state index contributed by atoms with van der Waals surface area (Å²) in [6, 6.07) is 3.67. The van der Waals surface area contributed by atoms with Crippen molar-refractivity contribution in [2.24, 2.45) is 14.1 Å². The molecule has 0 saturated heterocycles. The number of nitriles is 1. The fourth-order valence-corrected chi connectivity index (χ4v) is 3.82. The van der Waals surface area contributed by atoms with E-state index in [2.05, 4.69) is 4.98 Å². The highest BCUT2D eigenvalue weighted by Crippen LogP contribution is 2.24. The Bertz CT molecular complexity index is 1320. The Morgan fingerprint density at radius 3 is 2.55 bits per heavy atom. The van der Waals surface area contributed by atoms with Gasteiger partial charge in [0.1, 0.15) is 23.0 Å². The predicted octanol–water partition coefficient (Wildman–Crippen LogP) is 1.32. The summed E-state index contributed by atoms with van der Waals surface area (Å²) >= 11 is 1.46. The molecule has 3 rings (SSSR count). The third kappa shape index (κ3) is 3.21. The van der Waals surface area contributed by atoms with Gasteiger partial charge in [-0.05, 0) is 31.6 Å². The standard InChI is InChI=1S/C19H18N6O3S/c1-10-7-12(11(2)25(10)18-22-5-6-29-18)8-13(9-20)15(26)14-16(21)23(3)19(28)24(4)17(14)27/h5-8H,21H2,1-4H3/b13-8+. The molecule has 0 aliphatic carbocycles. The normalized spacial score (nSPS) is 11.5. The molecule has 10 heteroatoms. The summed E-state index contributed by atoms with van der Waals surface area (Å²) in [5.74, 6) is -1.11. The molecule has 0 bridgehead atoms. The fourth-order valence-electron chi connectivity index (χ4n) is 3.07. The Morgan fingerprint density at radius 1 is 1.28 bits per heavy atom. The van der Waals surface area contributed by atoms with Gasteiger partial charge in [0.05, 0.1) is 0 Å². The number of nitrogens with two attached hydrogens (primary N) is 1. The molecule has 3 aromatic rings. The second kappa shape index (κ2) is 7.37. The molecular formula is C19H18N6O3S. The second-order valence-corrected chi connectivity index (χ2v) is 7.31. The van der Waals surface area contributed by atoms with Crippen LogP contribution in [0.3, 0.4) is 0 Å². The van der Waals surface area contributed by atoms with Crippen molar-refractivity contribution in [3.8, 4) is 11.2 Å². The molecule has 0 spiro atoms. The Morgan fingerprint density at radius 2 is 1.97 bits per heavy atom. The van der Waals surface area contributed by atoms with Crippen LogP contribution in [0.4, 0.5) is 5.82 Å². The molecule has 9 nitrogen and oxygen atoms in total. The van der Waals surface area contributed by atoms with Crippen molar-refractivity contribution in [1.82, 2.24) is 18.7 Å². The number of hydrogen-bond donors (Lipinski definition) is 1. The number of Topliss-reactive ketones (excluding diaryl/α,β-unsaturated/α-hetero) is 1. The van der Waals surface area contributed by atoms with Crippen LogP contribution in [0.5, 0.6) is 0 Å². The van der Waals surface area contributed by atoms with Crippen LogP contribution >= 0.6 is 11.3 Å². The van der Waals surface area contributed by atoms with Crippen molar-refractivity contribution in [2.45, 2.75) is 13.8 Å². The van der Waals surface area contributed by atoms with Gasteiger partial charge in [0.15, 0.2) is 5.13 Å². The van der Waals surface area contributed by atoms with Gasteiger partial charge in [-0.15, -0.1) is 11.3 Å². The van der Waals surface area contributed by atoms with Crippen molar-refractivity contribution in [3.05, 3.63) is 66.6 Å². The first-order chi connectivity index (χ1) is 13.7. The zero-order valence-electron chi connectivity index (χ0n) is 16.3. The Labute approximate surface area is 169 Å². The van der Waals surface area contributed by atoms with Crippen LogP contribution in [0, 0.1) is 25.2 Å². The van der Waals surface area contributed by atoms with Gasteiger partial charge >= 0.3 is 5.69 Å². The molecule has 148 valence electrons. The molecule has 3 heterocycles. The van der Waals surface area contributed by atoms with Gasteiger partial charge in [-0.1, -0.05) is 0 Å². The third-order valence-corrected chi connectivity index (χ3v) is 5.44. The largest absolute Gasteiger partial charge is 0.384 e. The van der Waals surface area contributed by atoms with E-state index in [-0.39, 0.29) is 11.4 Å². The van der Waals surface area contributed by atoms with Crippen LogP contribution in [-0.4, -0.2) is 24.5 Å². The number of anilines is 1. The number of aromatic nitrogens is 4. The van der Waals surface area contributed by atoms with Crippen molar-refractivity contribution in [3.63, 3.8) is 0 Å². The van der Waals surface area contributed by atoms with Crippen LogP contribution in [0.1, 0.15) is 27.3 Å². The molecule has 0 aromatic carbocycles. The summed E-state index contributed by atoms with van der Waals surface area (Å²) in [5, 5.41) is 12.2. The number of rotatable bonds is 4. The first-order valence-corrected chi connectivity index (χ1v) is 9.37.